The van der Waals surface area contributed by atoms with E-state index in [4.69, 9.17) is 5.73 Å². The summed E-state index contributed by atoms with van der Waals surface area (Å²) in [6.45, 7) is 4.20. The molecule has 1 unspecified atom stereocenters. The average Bonchev–Trinajstić information content (AvgIpc) is 2.90. The first-order chi connectivity index (χ1) is 11.4. The Balaban J connectivity index is 1.99. The molecule has 3 heterocycles. The zero-order valence-corrected chi connectivity index (χ0v) is 14.6. The van der Waals surface area contributed by atoms with Crippen LogP contribution in [0.1, 0.15) is 23.4 Å². The first kappa shape index (κ1) is 16.6. The molecule has 2 N–H and O–H groups in total. The van der Waals surface area contributed by atoms with Gasteiger partial charge in [0.2, 0.25) is 5.95 Å². The van der Waals surface area contributed by atoms with Crippen LogP contribution in [0.15, 0.2) is 24.4 Å². The van der Waals surface area contributed by atoms with Crippen LogP contribution in [0.5, 0.6) is 0 Å². The maximum atomic E-state index is 11.9. The highest BCUT2D eigenvalue weighted by atomic mass is 32.2. The molecule has 24 heavy (non-hydrogen) atoms. The SMILES string of the molecule is Cc1nc(N(Cc2ccccn2)C2CCS(=O)(=O)C2)nc(N)c1C. The van der Waals surface area contributed by atoms with Crippen molar-refractivity contribution < 1.29 is 8.42 Å². The van der Waals surface area contributed by atoms with Gasteiger partial charge in [-0.15, -0.1) is 0 Å². The number of rotatable bonds is 4. The average molecular weight is 347 g/mol. The van der Waals surface area contributed by atoms with E-state index in [2.05, 4.69) is 15.0 Å². The number of pyridine rings is 1. The number of nitrogens with two attached hydrogens (primary N) is 1. The number of sulfone groups is 1. The van der Waals surface area contributed by atoms with Crippen LogP contribution in [0.3, 0.4) is 0 Å². The fraction of sp³-hybridized carbons (Fsp3) is 0.438. The molecule has 2 aromatic rings. The summed E-state index contributed by atoms with van der Waals surface area (Å²) in [5.74, 6) is 1.18. The lowest BCUT2D eigenvalue weighted by molar-refractivity contribution is 0.596. The molecule has 0 bridgehead atoms. The lowest BCUT2D eigenvalue weighted by Crippen LogP contribution is -2.37. The van der Waals surface area contributed by atoms with Gasteiger partial charge in [0.25, 0.3) is 0 Å². The predicted molar refractivity (Wildman–Crippen MR) is 93.4 cm³/mol. The summed E-state index contributed by atoms with van der Waals surface area (Å²) in [7, 11) is -3.02. The van der Waals surface area contributed by atoms with Crippen LogP contribution in [0, 0.1) is 13.8 Å². The first-order valence-electron chi connectivity index (χ1n) is 7.83. The monoisotopic (exact) mass is 347 g/mol. The Labute approximate surface area is 141 Å². The summed E-state index contributed by atoms with van der Waals surface area (Å²) >= 11 is 0. The zero-order valence-electron chi connectivity index (χ0n) is 13.8. The molecule has 1 aliphatic rings. The number of nitrogen functional groups attached to an aromatic ring is 1. The third-order valence-corrected chi connectivity index (χ3v) is 6.13. The summed E-state index contributed by atoms with van der Waals surface area (Å²) < 4.78 is 23.8. The number of hydrogen-bond donors (Lipinski definition) is 1. The standard InChI is InChI=1S/C16H21N5O2S/c1-11-12(2)19-16(20-15(11)17)21(9-13-5-3-4-7-18-13)14-6-8-24(22,23)10-14/h3-5,7,14H,6,8-10H2,1-2H3,(H2,17,19,20). The van der Waals surface area contributed by atoms with E-state index in [-0.39, 0.29) is 17.5 Å². The van der Waals surface area contributed by atoms with Crippen molar-refractivity contribution in [3.63, 3.8) is 0 Å². The molecule has 0 saturated carbocycles. The summed E-state index contributed by atoms with van der Waals surface area (Å²) in [6, 6.07) is 5.49. The Morgan fingerprint density at radius 2 is 2.08 bits per heavy atom. The summed E-state index contributed by atoms with van der Waals surface area (Å²) in [5.41, 5.74) is 8.47. The topological polar surface area (TPSA) is 102 Å². The van der Waals surface area contributed by atoms with Gasteiger partial charge < -0.3 is 10.6 Å². The van der Waals surface area contributed by atoms with E-state index in [0.29, 0.717) is 24.7 Å². The Hall–Kier alpha value is -2.22. The number of nitrogens with zero attached hydrogens (tertiary/aromatic N) is 4. The van der Waals surface area contributed by atoms with Gasteiger partial charge in [-0.3, -0.25) is 4.98 Å². The molecule has 0 amide bonds. The van der Waals surface area contributed by atoms with Gasteiger partial charge in [0.05, 0.1) is 23.7 Å². The van der Waals surface area contributed by atoms with Crippen LogP contribution in [-0.4, -0.2) is 40.9 Å². The van der Waals surface area contributed by atoms with Crippen LogP contribution in [0.4, 0.5) is 11.8 Å². The minimum absolute atomic E-state index is 0.107. The second-order valence-corrected chi connectivity index (χ2v) is 8.35. The molecule has 0 aliphatic carbocycles. The second kappa shape index (κ2) is 6.35. The molecule has 7 nitrogen and oxygen atoms in total. The molecular weight excluding hydrogens is 326 g/mol. The van der Waals surface area contributed by atoms with E-state index in [9.17, 15) is 8.42 Å². The summed E-state index contributed by atoms with van der Waals surface area (Å²) in [4.78, 5) is 15.2. The van der Waals surface area contributed by atoms with Crippen molar-refractivity contribution in [1.29, 1.82) is 0 Å². The van der Waals surface area contributed by atoms with Gasteiger partial charge in [-0.1, -0.05) is 6.07 Å². The molecule has 0 spiro atoms. The molecule has 3 rings (SSSR count). The van der Waals surface area contributed by atoms with Gasteiger partial charge in [-0.2, -0.15) is 4.98 Å². The van der Waals surface area contributed by atoms with Gasteiger partial charge in [-0.05, 0) is 32.4 Å². The summed E-state index contributed by atoms with van der Waals surface area (Å²) in [5, 5.41) is 0. The Bertz CT molecular complexity index is 816. The lowest BCUT2D eigenvalue weighted by atomic mass is 10.2. The molecule has 1 saturated heterocycles. The fourth-order valence-corrected chi connectivity index (χ4v) is 4.55. The Kier molecular flexibility index (Phi) is 4.40. The van der Waals surface area contributed by atoms with E-state index in [0.717, 1.165) is 17.0 Å². The number of aromatic nitrogens is 3. The predicted octanol–water partition coefficient (Wildman–Crippen LogP) is 1.26. The molecule has 1 aliphatic heterocycles. The van der Waals surface area contributed by atoms with Crippen LogP contribution >= 0.6 is 0 Å². The zero-order chi connectivity index (χ0) is 17.3. The van der Waals surface area contributed by atoms with Crippen LogP contribution in [0.2, 0.25) is 0 Å². The van der Waals surface area contributed by atoms with Crippen molar-refractivity contribution >= 4 is 21.6 Å². The normalized spacial score (nSPS) is 19.3. The van der Waals surface area contributed by atoms with E-state index in [1.54, 1.807) is 6.20 Å². The third-order valence-electron chi connectivity index (χ3n) is 4.38. The maximum absolute atomic E-state index is 11.9. The minimum atomic E-state index is -3.02. The lowest BCUT2D eigenvalue weighted by Gasteiger charge is -2.28. The third kappa shape index (κ3) is 3.48. The van der Waals surface area contributed by atoms with E-state index in [1.165, 1.54) is 0 Å². The van der Waals surface area contributed by atoms with Crippen molar-refractivity contribution in [2.75, 3.05) is 22.1 Å². The highest BCUT2D eigenvalue weighted by Crippen LogP contribution is 2.25. The Morgan fingerprint density at radius 3 is 2.67 bits per heavy atom. The Morgan fingerprint density at radius 1 is 1.29 bits per heavy atom. The molecule has 2 aromatic heterocycles. The second-order valence-electron chi connectivity index (χ2n) is 6.13. The highest BCUT2D eigenvalue weighted by Gasteiger charge is 2.34. The van der Waals surface area contributed by atoms with Gasteiger partial charge >= 0.3 is 0 Å². The minimum Gasteiger partial charge on any atom is -0.383 e. The van der Waals surface area contributed by atoms with Crippen LogP contribution in [-0.2, 0) is 16.4 Å². The van der Waals surface area contributed by atoms with Crippen molar-refractivity contribution in [1.82, 2.24) is 15.0 Å². The summed E-state index contributed by atoms with van der Waals surface area (Å²) in [6.07, 6.45) is 2.28. The van der Waals surface area contributed by atoms with Gasteiger partial charge in [0.15, 0.2) is 9.84 Å². The van der Waals surface area contributed by atoms with Crippen molar-refractivity contribution in [2.24, 2.45) is 0 Å². The fourth-order valence-electron chi connectivity index (χ4n) is 2.81. The van der Waals surface area contributed by atoms with Crippen LogP contribution < -0.4 is 10.6 Å². The molecular formula is C16H21N5O2S. The molecule has 0 radical (unpaired) electrons. The quantitative estimate of drug-likeness (QED) is 0.888. The molecule has 1 fully saturated rings. The molecule has 128 valence electrons. The first-order valence-corrected chi connectivity index (χ1v) is 9.65. The molecule has 0 aromatic carbocycles. The number of anilines is 2. The van der Waals surface area contributed by atoms with Gasteiger partial charge in [0.1, 0.15) is 5.82 Å². The van der Waals surface area contributed by atoms with Gasteiger partial charge in [0, 0.05) is 23.5 Å². The van der Waals surface area contributed by atoms with Crippen molar-refractivity contribution in [3.05, 3.63) is 41.3 Å². The van der Waals surface area contributed by atoms with E-state index < -0.39 is 9.84 Å². The molecule has 1 atom stereocenters. The number of aryl methyl sites for hydroxylation is 1. The van der Waals surface area contributed by atoms with E-state index in [1.807, 2.05) is 36.9 Å². The van der Waals surface area contributed by atoms with Gasteiger partial charge in [-0.25, -0.2) is 13.4 Å². The number of hydrogen-bond acceptors (Lipinski definition) is 7. The largest absolute Gasteiger partial charge is 0.383 e. The maximum Gasteiger partial charge on any atom is 0.228 e. The van der Waals surface area contributed by atoms with E-state index >= 15 is 0 Å². The van der Waals surface area contributed by atoms with Crippen LogP contribution in [0.25, 0.3) is 0 Å². The molecule has 8 heteroatoms. The van der Waals surface area contributed by atoms with Crippen molar-refractivity contribution in [3.8, 4) is 0 Å². The highest BCUT2D eigenvalue weighted by molar-refractivity contribution is 7.91. The van der Waals surface area contributed by atoms with Crippen molar-refractivity contribution in [2.45, 2.75) is 32.9 Å². The smallest absolute Gasteiger partial charge is 0.228 e.